The standard InChI is InChI=1S/C20H22FN3O2/c1-13(2)19(20-22-15-8-4-5-9-16(15)23-20)24-18(25)11-12-26-17-10-6-3-7-14(17)21/h3-10,13,19H,11-12H2,1-2H3,(H,22,23)(H,24,25). The summed E-state index contributed by atoms with van der Waals surface area (Å²) in [6, 6.07) is 13.7. The van der Waals surface area contributed by atoms with Gasteiger partial charge in [-0.2, -0.15) is 0 Å². The summed E-state index contributed by atoms with van der Waals surface area (Å²) in [7, 11) is 0. The number of carbonyl (C=O) groups is 1. The van der Waals surface area contributed by atoms with Gasteiger partial charge in [0.1, 0.15) is 5.82 Å². The summed E-state index contributed by atoms with van der Waals surface area (Å²) in [5, 5.41) is 2.99. The van der Waals surface area contributed by atoms with Crippen molar-refractivity contribution in [1.82, 2.24) is 15.3 Å². The largest absolute Gasteiger partial charge is 0.490 e. The van der Waals surface area contributed by atoms with Crippen LogP contribution < -0.4 is 10.1 Å². The Morgan fingerprint density at radius 3 is 2.65 bits per heavy atom. The van der Waals surface area contributed by atoms with E-state index in [-0.39, 0.29) is 36.6 Å². The minimum Gasteiger partial charge on any atom is -0.490 e. The number of aromatic amines is 1. The first-order chi connectivity index (χ1) is 12.5. The summed E-state index contributed by atoms with van der Waals surface area (Å²) in [6.07, 6.45) is 0.137. The molecule has 0 aliphatic rings. The Bertz CT molecular complexity index is 858. The fourth-order valence-corrected chi connectivity index (χ4v) is 2.73. The Balaban J connectivity index is 1.61. The highest BCUT2D eigenvalue weighted by atomic mass is 19.1. The minimum atomic E-state index is -0.435. The van der Waals surface area contributed by atoms with E-state index < -0.39 is 5.82 Å². The first-order valence-electron chi connectivity index (χ1n) is 8.66. The summed E-state index contributed by atoms with van der Waals surface area (Å²) in [5.41, 5.74) is 1.80. The van der Waals surface area contributed by atoms with E-state index in [9.17, 15) is 9.18 Å². The number of H-pyrrole nitrogens is 1. The van der Waals surface area contributed by atoms with Gasteiger partial charge in [0, 0.05) is 0 Å². The number of aromatic nitrogens is 2. The van der Waals surface area contributed by atoms with E-state index in [4.69, 9.17) is 4.74 Å². The number of para-hydroxylation sites is 3. The third kappa shape index (κ3) is 4.20. The van der Waals surface area contributed by atoms with Gasteiger partial charge in [-0.05, 0) is 30.2 Å². The van der Waals surface area contributed by atoms with Gasteiger partial charge in [-0.25, -0.2) is 9.37 Å². The number of imidazole rings is 1. The van der Waals surface area contributed by atoms with Crippen LogP contribution in [-0.2, 0) is 4.79 Å². The molecule has 136 valence electrons. The molecule has 0 saturated carbocycles. The molecule has 5 nitrogen and oxygen atoms in total. The number of hydrogen-bond donors (Lipinski definition) is 2. The average Bonchev–Trinajstić information content (AvgIpc) is 3.04. The van der Waals surface area contributed by atoms with Gasteiger partial charge in [-0.15, -0.1) is 0 Å². The molecule has 1 atom stereocenters. The van der Waals surface area contributed by atoms with Gasteiger partial charge in [-0.3, -0.25) is 4.79 Å². The SMILES string of the molecule is CC(C)C(NC(=O)CCOc1ccccc1F)c1nc2ccccc2[nH]1. The third-order valence-corrected chi connectivity index (χ3v) is 4.11. The Morgan fingerprint density at radius 1 is 1.19 bits per heavy atom. The van der Waals surface area contributed by atoms with E-state index in [1.165, 1.54) is 6.07 Å². The maximum Gasteiger partial charge on any atom is 0.224 e. The van der Waals surface area contributed by atoms with Gasteiger partial charge in [-0.1, -0.05) is 38.1 Å². The lowest BCUT2D eigenvalue weighted by Gasteiger charge is -2.20. The number of nitrogens with one attached hydrogen (secondary N) is 2. The maximum atomic E-state index is 13.5. The normalized spacial score (nSPS) is 12.3. The lowest BCUT2D eigenvalue weighted by atomic mass is 10.0. The van der Waals surface area contributed by atoms with Gasteiger partial charge in [0.15, 0.2) is 11.6 Å². The molecule has 2 aromatic carbocycles. The summed E-state index contributed by atoms with van der Waals surface area (Å²) in [5.74, 6) is 0.435. The molecule has 0 fully saturated rings. The van der Waals surface area contributed by atoms with Crippen LogP contribution >= 0.6 is 0 Å². The smallest absolute Gasteiger partial charge is 0.224 e. The van der Waals surface area contributed by atoms with Crippen molar-refractivity contribution in [2.45, 2.75) is 26.3 Å². The number of fused-ring (bicyclic) bond motifs is 1. The molecule has 26 heavy (non-hydrogen) atoms. The third-order valence-electron chi connectivity index (χ3n) is 4.11. The molecule has 1 unspecified atom stereocenters. The Hall–Kier alpha value is -2.89. The van der Waals surface area contributed by atoms with Crippen LogP contribution in [0.15, 0.2) is 48.5 Å². The average molecular weight is 355 g/mol. The molecule has 2 N–H and O–H groups in total. The van der Waals surface area contributed by atoms with Crippen molar-refractivity contribution in [3.8, 4) is 5.75 Å². The van der Waals surface area contributed by atoms with Crippen molar-refractivity contribution in [2.24, 2.45) is 5.92 Å². The molecular formula is C20H22FN3O2. The first kappa shape index (κ1) is 17.9. The van der Waals surface area contributed by atoms with E-state index >= 15 is 0 Å². The maximum absolute atomic E-state index is 13.5. The van der Waals surface area contributed by atoms with Gasteiger partial charge >= 0.3 is 0 Å². The monoisotopic (exact) mass is 355 g/mol. The zero-order chi connectivity index (χ0) is 18.5. The predicted molar refractivity (Wildman–Crippen MR) is 98.3 cm³/mol. The zero-order valence-corrected chi connectivity index (χ0v) is 14.8. The highest BCUT2D eigenvalue weighted by Gasteiger charge is 2.21. The van der Waals surface area contributed by atoms with Gasteiger partial charge < -0.3 is 15.0 Å². The molecule has 0 bridgehead atoms. The van der Waals surface area contributed by atoms with Crippen molar-refractivity contribution < 1.29 is 13.9 Å². The molecule has 6 heteroatoms. The van der Waals surface area contributed by atoms with Crippen LogP contribution in [0, 0.1) is 11.7 Å². The molecular weight excluding hydrogens is 333 g/mol. The van der Waals surface area contributed by atoms with Gasteiger partial charge in [0.2, 0.25) is 5.91 Å². The predicted octanol–water partition coefficient (Wildman–Crippen LogP) is 3.98. The van der Waals surface area contributed by atoms with Crippen molar-refractivity contribution in [3.63, 3.8) is 0 Å². The van der Waals surface area contributed by atoms with E-state index in [0.29, 0.717) is 0 Å². The second kappa shape index (κ2) is 7.99. The number of ether oxygens (including phenoxy) is 1. The van der Waals surface area contributed by atoms with Crippen LogP contribution in [-0.4, -0.2) is 22.5 Å². The van der Waals surface area contributed by atoms with E-state index in [1.54, 1.807) is 18.2 Å². The molecule has 0 radical (unpaired) electrons. The van der Waals surface area contributed by atoms with E-state index in [1.807, 2.05) is 38.1 Å². The summed E-state index contributed by atoms with van der Waals surface area (Å²) in [6.45, 7) is 4.15. The fraction of sp³-hybridized carbons (Fsp3) is 0.300. The lowest BCUT2D eigenvalue weighted by Crippen LogP contribution is -2.33. The highest BCUT2D eigenvalue weighted by molar-refractivity contribution is 5.77. The van der Waals surface area contributed by atoms with Gasteiger partial charge in [0.25, 0.3) is 0 Å². The molecule has 1 heterocycles. The second-order valence-corrected chi connectivity index (χ2v) is 6.46. The summed E-state index contributed by atoms with van der Waals surface area (Å²) < 4.78 is 18.9. The van der Waals surface area contributed by atoms with Crippen molar-refractivity contribution in [3.05, 3.63) is 60.2 Å². The molecule has 0 spiro atoms. The number of amides is 1. The zero-order valence-electron chi connectivity index (χ0n) is 14.8. The highest BCUT2D eigenvalue weighted by Crippen LogP contribution is 2.22. The van der Waals surface area contributed by atoms with Crippen molar-refractivity contribution in [1.29, 1.82) is 0 Å². The Labute approximate surface area is 151 Å². The van der Waals surface area contributed by atoms with Crippen LogP contribution in [0.4, 0.5) is 4.39 Å². The quantitative estimate of drug-likeness (QED) is 0.673. The minimum absolute atomic E-state index is 0.109. The van der Waals surface area contributed by atoms with Crippen LogP contribution in [0.3, 0.4) is 0 Å². The number of rotatable bonds is 7. The fourth-order valence-electron chi connectivity index (χ4n) is 2.73. The molecule has 1 amide bonds. The van der Waals surface area contributed by atoms with Crippen LogP contribution in [0.5, 0.6) is 5.75 Å². The molecule has 3 rings (SSSR count). The van der Waals surface area contributed by atoms with Crippen molar-refractivity contribution >= 4 is 16.9 Å². The molecule has 0 aliphatic heterocycles. The van der Waals surface area contributed by atoms with Gasteiger partial charge in [0.05, 0.1) is 30.1 Å². The Kier molecular flexibility index (Phi) is 5.51. The van der Waals surface area contributed by atoms with Crippen LogP contribution in [0.1, 0.15) is 32.1 Å². The second-order valence-electron chi connectivity index (χ2n) is 6.46. The number of nitrogens with zero attached hydrogens (tertiary/aromatic N) is 1. The topological polar surface area (TPSA) is 67.0 Å². The van der Waals surface area contributed by atoms with Crippen LogP contribution in [0.25, 0.3) is 11.0 Å². The molecule has 0 saturated heterocycles. The number of carbonyl (C=O) groups excluding carboxylic acids is 1. The summed E-state index contributed by atoms with van der Waals surface area (Å²) in [4.78, 5) is 20.1. The first-order valence-corrected chi connectivity index (χ1v) is 8.66. The van der Waals surface area contributed by atoms with E-state index in [2.05, 4.69) is 15.3 Å². The molecule has 1 aromatic heterocycles. The van der Waals surface area contributed by atoms with E-state index in [0.717, 1.165) is 16.9 Å². The van der Waals surface area contributed by atoms with Crippen LogP contribution in [0.2, 0.25) is 0 Å². The lowest BCUT2D eigenvalue weighted by molar-refractivity contribution is -0.122. The molecule has 3 aromatic rings. The molecule has 0 aliphatic carbocycles. The number of hydrogen-bond acceptors (Lipinski definition) is 3. The van der Waals surface area contributed by atoms with Crippen molar-refractivity contribution in [2.75, 3.05) is 6.61 Å². The Morgan fingerprint density at radius 2 is 1.92 bits per heavy atom. The summed E-state index contributed by atoms with van der Waals surface area (Å²) >= 11 is 0. The number of halogens is 1. The number of benzene rings is 2.